The smallest absolute Gasteiger partial charge is 0.0875 e. The Balaban J connectivity index is 2.15. The van der Waals surface area contributed by atoms with Crippen molar-refractivity contribution in [1.29, 1.82) is 0 Å². The topological polar surface area (TPSA) is 55.9 Å². The van der Waals surface area contributed by atoms with Crippen LogP contribution in [0.25, 0.3) is 0 Å². The Hall–Kier alpha value is -1.62. The Morgan fingerprint density at radius 3 is 2.72 bits per heavy atom. The molecule has 98 valence electrons. The van der Waals surface area contributed by atoms with Crippen LogP contribution in [0.15, 0.2) is 18.5 Å². The summed E-state index contributed by atoms with van der Waals surface area (Å²) in [6, 6.07) is 2.07. The first-order chi connectivity index (χ1) is 8.63. The van der Waals surface area contributed by atoms with E-state index in [0.717, 1.165) is 29.9 Å². The van der Waals surface area contributed by atoms with Crippen molar-refractivity contribution in [3.05, 3.63) is 35.4 Å². The van der Waals surface area contributed by atoms with Crippen LogP contribution in [0, 0.1) is 0 Å². The van der Waals surface area contributed by atoms with Gasteiger partial charge < -0.3 is 5.11 Å². The highest BCUT2D eigenvalue weighted by Gasteiger charge is 2.14. The summed E-state index contributed by atoms with van der Waals surface area (Å²) in [6.45, 7) is 4.98. The van der Waals surface area contributed by atoms with Gasteiger partial charge in [0.05, 0.1) is 18.0 Å². The summed E-state index contributed by atoms with van der Waals surface area (Å²) in [5.74, 6) is 0. The number of hydrogen-bond donors (Lipinski definition) is 1. The summed E-state index contributed by atoms with van der Waals surface area (Å²) in [4.78, 5) is 0. The number of aryl methyl sites for hydroxylation is 3. The van der Waals surface area contributed by atoms with Gasteiger partial charge in [0.2, 0.25) is 0 Å². The average Bonchev–Trinajstić information content (AvgIpc) is 2.95. The Morgan fingerprint density at radius 2 is 2.17 bits per heavy atom. The molecule has 0 aliphatic rings. The summed E-state index contributed by atoms with van der Waals surface area (Å²) in [7, 11) is 1.85. The molecular weight excluding hydrogens is 228 g/mol. The summed E-state index contributed by atoms with van der Waals surface area (Å²) in [5.41, 5.74) is 3.00. The number of rotatable bonds is 5. The van der Waals surface area contributed by atoms with E-state index in [0.29, 0.717) is 6.42 Å². The third-order valence-electron chi connectivity index (χ3n) is 3.09. The second kappa shape index (κ2) is 5.35. The zero-order valence-corrected chi connectivity index (χ0v) is 11.2. The summed E-state index contributed by atoms with van der Waals surface area (Å²) < 4.78 is 3.66. The van der Waals surface area contributed by atoms with Crippen LogP contribution < -0.4 is 0 Å². The molecule has 5 nitrogen and oxygen atoms in total. The second-order valence-corrected chi connectivity index (χ2v) is 4.46. The Labute approximate surface area is 107 Å². The van der Waals surface area contributed by atoms with E-state index >= 15 is 0 Å². The Kier molecular flexibility index (Phi) is 3.81. The van der Waals surface area contributed by atoms with Crippen LogP contribution in [0.2, 0.25) is 0 Å². The van der Waals surface area contributed by atoms with Crippen molar-refractivity contribution in [2.45, 2.75) is 39.3 Å². The van der Waals surface area contributed by atoms with Crippen molar-refractivity contribution in [1.82, 2.24) is 19.6 Å². The molecule has 0 fully saturated rings. The first-order valence-corrected chi connectivity index (χ1v) is 6.36. The summed E-state index contributed by atoms with van der Waals surface area (Å²) >= 11 is 0. The van der Waals surface area contributed by atoms with Crippen LogP contribution in [0.3, 0.4) is 0 Å². The fourth-order valence-corrected chi connectivity index (χ4v) is 2.05. The van der Waals surface area contributed by atoms with E-state index < -0.39 is 6.10 Å². The van der Waals surface area contributed by atoms with E-state index in [2.05, 4.69) is 30.1 Å². The van der Waals surface area contributed by atoms with Gasteiger partial charge in [0.15, 0.2) is 0 Å². The maximum Gasteiger partial charge on any atom is 0.0875 e. The normalized spacial score (nSPS) is 12.9. The molecule has 2 rings (SSSR count). The molecule has 0 bridgehead atoms. The lowest BCUT2D eigenvalue weighted by Gasteiger charge is -2.09. The quantitative estimate of drug-likeness (QED) is 0.872. The molecule has 1 unspecified atom stereocenters. The van der Waals surface area contributed by atoms with Gasteiger partial charge in [-0.2, -0.15) is 10.2 Å². The van der Waals surface area contributed by atoms with E-state index in [-0.39, 0.29) is 0 Å². The molecule has 18 heavy (non-hydrogen) atoms. The van der Waals surface area contributed by atoms with Crippen LogP contribution in [0.5, 0.6) is 0 Å². The van der Waals surface area contributed by atoms with Gasteiger partial charge in [-0.25, -0.2) is 0 Å². The molecule has 0 aliphatic heterocycles. The van der Waals surface area contributed by atoms with Gasteiger partial charge in [-0.3, -0.25) is 9.36 Å². The fraction of sp³-hybridized carbons (Fsp3) is 0.538. The first kappa shape index (κ1) is 12.8. The maximum absolute atomic E-state index is 10.2. The molecule has 0 saturated heterocycles. The van der Waals surface area contributed by atoms with Crippen LogP contribution in [0.1, 0.15) is 36.9 Å². The van der Waals surface area contributed by atoms with E-state index in [1.54, 1.807) is 10.9 Å². The summed E-state index contributed by atoms with van der Waals surface area (Å²) in [5, 5.41) is 18.8. The molecule has 2 aromatic rings. The van der Waals surface area contributed by atoms with Crippen LogP contribution in [-0.4, -0.2) is 24.7 Å². The maximum atomic E-state index is 10.2. The molecule has 2 aromatic heterocycles. The lowest BCUT2D eigenvalue weighted by atomic mass is 10.1. The third-order valence-corrected chi connectivity index (χ3v) is 3.09. The minimum Gasteiger partial charge on any atom is -0.388 e. The van der Waals surface area contributed by atoms with Gasteiger partial charge in [0.1, 0.15) is 0 Å². The van der Waals surface area contributed by atoms with Gasteiger partial charge in [-0.15, -0.1) is 0 Å². The monoisotopic (exact) mass is 248 g/mol. The number of hydrogen-bond acceptors (Lipinski definition) is 3. The SMILES string of the molecule is CCc1cc(CC(O)c2cnn(C)c2)n(CC)n1. The molecule has 0 saturated carbocycles. The van der Waals surface area contributed by atoms with Crippen molar-refractivity contribution in [3.8, 4) is 0 Å². The number of aliphatic hydroxyl groups excluding tert-OH is 1. The molecule has 1 atom stereocenters. The van der Waals surface area contributed by atoms with Gasteiger partial charge in [-0.05, 0) is 19.4 Å². The molecule has 1 N–H and O–H groups in total. The zero-order chi connectivity index (χ0) is 13.1. The lowest BCUT2D eigenvalue weighted by Crippen LogP contribution is -2.08. The molecule has 5 heteroatoms. The predicted molar refractivity (Wildman–Crippen MR) is 69.2 cm³/mol. The molecular formula is C13H20N4O. The molecule has 0 aliphatic carbocycles. The van der Waals surface area contributed by atoms with Crippen molar-refractivity contribution in [2.24, 2.45) is 7.05 Å². The lowest BCUT2D eigenvalue weighted by molar-refractivity contribution is 0.175. The van der Waals surface area contributed by atoms with E-state index in [9.17, 15) is 5.11 Å². The van der Waals surface area contributed by atoms with Crippen LogP contribution >= 0.6 is 0 Å². The number of nitrogens with zero attached hydrogens (tertiary/aromatic N) is 4. The Morgan fingerprint density at radius 1 is 1.39 bits per heavy atom. The zero-order valence-electron chi connectivity index (χ0n) is 11.2. The molecule has 0 radical (unpaired) electrons. The van der Waals surface area contributed by atoms with Gasteiger partial charge in [-0.1, -0.05) is 6.92 Å². The number of aliphatic hydroxyl groups is 1. The fourth-order valence-electron chi connectivity index (χ4n) is 2.05. The van der Waals surface area contributed by atoms with E-state index in [1.165, 1.54) is 0 Å². The summed E-state index contributed by atoms with van der Waals surface area (Å²) in [6.07, 6.45) is 4.52. The van der Waals surface area contributed by atoms with E-state index in [4.69, 9.17) is 0 Å². The first-order valence-electron chi connectivity index (χ1n) is 6.36. The van der Waals surface area contributed by atoms with Crippen LogP contribution in [-0.2, 0) is 26.4 Å². The van der Waals surface area contributed by atoms with Crippen molar-refractivity contribution < 1.29 is 5.11 Å². The number of aromatic nitrogens is 4. The predicted octanol–water partition coefficient (Wildman–Crippen LogP) is 1.47. The Bertz CT molecular complexity index is 515. The van der Waals surface area contributed by atoms with Crippen molar-refractivity contribution >= 4 is 0 Å². The minimum absolute atomic E-state index is 0.523. The standard InChI is InChI=1S/C13H20N4O/c1-4-11-6-12(17(5-2)15-11)7-13(18)10-8-14-16(3)9-10/h6,8-9,13,18H,4-5,7H2,1-3H3. The largest absolute Gasteiger partial charge is 0.388 e. The van der Waals surface area contributed by atoms with Gasteiger partial charge >= 0.3 is 0 Å². The molecule has 0 spiro atoms. The average molecular weight is 248 g/mol. The third kappa shape index (κ3) is 2.61. The highest BCUT2D eigenvalue weighted by atomic mass is 16.3. The van der Waals surface area contributed by atoms with E-state index in [1.807, 2.05) is 17.9 Å². The van der Waals surface area contributed by atoms with Crippen molar-refractivity contribution in [2.75, 3.05) is 0 Å². The highest BCUT2D eigenvalue weighted by molar-refractivity contribution is 5.16. The van der Waals surface area contributed by atoms with Crippen molar-refractivity contribution in [3.63, 3.8) is 0 Å². The molecule has 0 amide bonds. The molecule has 0 aromatic carbocycles. The minimum atomic E-state index is -0.523. The molecule has 2 heterocycles. The van der Waals surface area contributed by atoms with Crippen LogP contribution in [0.4, 0.5) is 0 Å². The second-order valence-electron chi connectivity index (χ2n) is 4.46. The van der Waals surface area contributed by atoms with Gasteiger partial charge in [0, 0.05) is 37.5 Å². The highest BCUT2D eigenvalue weighted by Crippen LogP contribution is 2.18. The van der Waals surface area contributed by atoms with Gasteiger partial charge in [0.25, 0.3) is 0 Å².